The van der Waals surface area contributed by atoms with Crippen molar-refractivity contribution in [3.8, 4) is 0 Å². The number of carboxylic acid groups (broad SMARTS) is 1. The van der Waals surface area contributed by atoms with Gasteiger partial charge in [-0.3, -0.25) is 14.9 Å². The Kier molecular flexibility index (Phi) is 3.83. The van der Waals surface area contributed by atoms with Gasteiger partial charge in [0.25, 0.3) is 5.69 Å². The summed E-state index contributed by atoms with van der Waals surface area (Å²) in [5.74, 6) is -0.940. The third-order valence-corrected chi connectivity index (χ3v) is 3.07. The molecule has 0 aliphatic carbocycles. The Morgan fingerprint density at radius 2 is 2.31 bits per heavy atom. The number of hydrogen-bond donors (Lipinski definition) is 1. The molecule has 0 aromatic carbocycles. The van der Waals surface area contributed by atoms with E-state index in [4.69, 9.17) is 5.11 Å². The highest BCUT2D eigenvalue weighted by Crippen LogP contribution is 2.26. The minimum Gasteiger partial charge on any atom is -0.480 e. The average Bonchev–Trinajstić information content (AvgIpc) is 2.20. The fraction of sp³-hybridized carbons (Fsp3) is 0.333. The van der Waals surface area contributed by atoms with Crippen LogP contribution in [0.1, 0.15) is 12.5 Å². The Balaban J connectivity index is 2.91. The van der Waals surface area contributed by atoms with Gasteiger partial charge in [-0.05, 0) is 19.4 Å². The van der Waals surface area contributed by atoms with Crippen LogP contribution in [0.15, 0.2) is 17.3 Å². The van der Waals surface area contributed by atoms with E-state index in [2.05, 4.69) is 4.98 Å². The van der Waals surface area contributed by atoms with Crippen LogP contribution in [0, 0.1) is 17.0 Å². The SMILES string of the molecule is Cc1cc([N+](=O)[O-])cnc1SC(C)C(=O)O. The largest absolute Gasteiger partial charge is 0.480 e. The van der Waals surface area contributed by atoms with E-state index >= 15 is 0 Å². The molecular formula is C9H10N2O4S. The summed E-state index contributed by atoms with van der Waals surface area (Å²) in [6.45, 7) is 3.20. The molecule has 6 nitrogen and oxygen atoms in total. The summed E-state index contributed by atoms with van der Waals surface area (Å²) < 4.78 is 0. The van der Waals surface area contributed by atoms with E-state index in [0.29, 0.717) is 10.6 Å². The van der Waals surface area contributed by atoms with Crippen molar-refractivity contribution in [2.24, 2.45) is 0 Å². The number of hydrogen-bond acceptors (Lipinski definition) is 5. The molecule has 1 unspecified atom stereocenters. The van der Waals surface area contributed by atoms with Gasteiger partial charge in [0.1, 0.15) is 16.5 Å². The van der Waals surface area contributed by atoms with Crippen LogP contribution < -0.4 is 0 Å². The fourth-order valence-electron chi connectivity index (χ4n) is 0.988. The van der Waals surface area contributed by atoms with E-state index in [9.17, 15) is 14.9 Å². The molecule has 86 valence electrons. The van der Waals surface area contributed by atoms with Crippen molar-refractivity contribution < 1.29 is 14.8 Å². The Labute approximate surface area is 95.8 Å². The second-order valence-corrected chi connectivity index (χ2v) is 4.50. The maximum Gasteiger partial charge on any atom is 0.316 e. The van der Waals surface area contributed by atoms with Crippen LogP contribution in [0.3, 0.4) is 0 Å². The number of aromatic nitrogens is 1. The molecule has 0 radical (unpaired) electrons. The molecule has 0 amide bonds. The number of thioether (sulfide) groups is 1. The van der Waals surface area contributed by atoms with Crippen molar-refractivity contribution in [3.63, 3.8) is 0 Å². The molecule has 0 aliphatic rings. The van der Waals surface area contributed by atoms with E-state index in [1.807, 2.05) is 0 Å². The Morgan fingerprint density at radius 3 is 2.75 bits per heavy atom. The first-order valence-corrected chi connectivity index (χ1v) is 5.30. The predicted molar refractivity (Wildman–Crippen MR) is 58.6 cm³/mol. The molecule has 1 atom stereocenters. The topological polar surface area (TPSA) is 93.3 Å². The van der Waals surface area contributed by atoms with Gasteiger partial charge < -0.3 is 5.11 Å². The zero-order valence-corrected chi connectivity index (χ0v) is 9.52. The summed E-state index contributed by atoms with van der Waals surface area (Å²) in [5, 5.41) is 19.0. The summed E-state index contributed by atoms with van der Waals surface area (Å²) in [6.07, 6.45) is 1.13. The van der Waals surface area contributed by atoms with E-state index in [1.54, 1.807) is 6.92 Å². The number of carbonyl (C=O) groups is 1. The van der Waals surface area contributed by atoms with Gasteiger partial charge >= 0.3 is 5.97 Å². The first-order chi connectivity index (χ1) is 7.41. The van der Waals surface area contributed by atoms with Crippen molar-refractivity contribution in [1.29, 1.82) is 0 Å². The number of pyridine rings is 1. The summed E-state index contributed by atoms with van der Waals surface area (Å²) in [4.78, 5) is 24.4. The zero-order chi connectivity index (χ0) is 12.3. The van der Waals surface area contributed by atoms with Crippen molar-refractivity contribution in [1.82, 2.24) is 4.98 Å². The van der Waals surface area contributed by atoms with Gasteiger partial charge in [-0.1, -0.05) is 11.8 Å². The molecule has 1 aromatic heterocycles. The van der Waals surface area contributed by atoms with Crippen molar-refractivity contribution in [2.75, 3.05) is 0 Å². The Bertz CT molecular complexity index is 436. The highest BCUT2D eigenvalue weighted by molar-refractivity contribution is 8.00. The third-order valence-electron chi connectivity index (χ3n) is 1.86. The Hall–Kier alpha value is -1.63. The van der Waals surface area contributed by atoms with E-state index in [-0.39, 0.29) is 5.69 Å². The summed E-state index contributed by atoms with van der Waals surface area (Å²) in [5.41, 5.74) is 0.511. The lowest BCUT2D eigenvalue weighted by Crippen LogP contribution is -2.11. The minimum atomic E-state index is -0.940. The van der Waals surface area contributed by atoms with Gasteiger partial charge in [0.2, 0.25) is 0 Å². The average molecular weight is 242 g/mol. The van der Waals surface area contributed by atoms with Gasteiger partial charge in [0.05, 0.1) is 4.92 Å². The molecule has 1 aromatic rings. The minimum absolute atomic E-state index is 0.0928. The predicted octanol–water partition coefficient (Wildman–Crippen LogP) is 1.86. The van der Waals surface area contributed by atoms with Crippen molar-refractivity contribution >= 4 is 23.4 Å². The Morgan fingerprint density at radius 1 is 1.69 bits per heavy atom. The van der Waals surface area contributed by atoms with E-state index in [0.717, 1.165) is 18.0 Å². The van der Waals surface area contributed by atoms with Crippen LogP contribution in [0.5, 0.6) is 0 Å². The number of nitro groups is 1. The summed E-state index contributed by atoms with van der Waals surface area (Å²) >= 11 is 1.07. The van der Waals surface area contributed by atoms with Crippen LogP contribution in [0.4, 0.5) is 5.69 Å². The van der Waals surface area contributed by atoms with Crippen LogP contribution in [-0.2, 0) is 4.79 Å². The second-order valence-electron chi connectivity index (χ2n) is 3.17. The molecular weight excluding hydrogens is 232 g/mol. The lowest BCUT2D eigenvalue weighted by atomic mass is 10.3. The first kappa shape index (κ1) is 12.4. The van der Waals surface area contributed by atoms with Gasteiger partial charge in [-0.2, -0.15) is 0 Å². The number of aliphatic carboxylic acids is 1. The highest BCUT2D eigenvalue weighted by atomic mass is 32.2. The smallest absolute Gasteiger partial charge is 0.316 e. The van der Waals surface area contributed by atoms with E-state index < -0.39 is 16.1 Å². The molecule has 1 rings (SSSR count). The molecule has 0 saturated carbocycles. The van der Waals surface area contributed by atoms with Gasteiger partial charge in [-0.15, -0.1) is 0 Å². The van der Waals surface area contributed by atoms with Gasteiger partial charge in [0, 0.05) is 6.07 Å². The standard InChI is InChI=1S/C9H10N2O4S/c1-5-3-7(11(14)15)4-10-8(5)16-6(2)9(12)13/h3-4,6H,1-2H3,(H,12,13). The molecule has 16 heavy (non-hydrogen) atoms. The molecule has 0 bridgehead atoms. The van der Waals surface area contributed by atoms with Crippen LogP contribution in [0.25, 0.3) is 0 Å². The highest BCUT2D eigenvalue weighted by Gasteiger charge is 2.16. The van der Waals surface area contributed by atoms with Crippen LogP contribution >= 0.6 is 11.8 Å². The molecule has 7 heteroatoms. The van der Waals surface area contributed by atoms with Crippen molar-refractivity contribution in [3.05, 3.63) is 27.9 Å². The number of aryl methyl sites for hydroxylation is 1. The lowest BCUT2D eigenvalue weighted by Gasteiger charge is -2.07. The normalized spacial score (nSPS) is 12.1. The number of rotatable bonds is 4. The molecule has 0 saturated heterocycles. The maximum absolute atomic E-state index is 10.6. The number of nitrogens with zero attached hydrogens (tertiary/aromatic N) is 2. The molecule has 1 heterocycles. The van der Waals surface area contributed by atoms with Crippen molar-refractivity contribution in [2.45, 2.75) is 24.1 Å². The lowest BCUT2D eigenvalue weighted by molar-refractivity contribution is -0.385. The third kappa shape index (κ3) is 2.93. The second kappa shape index (κ2) is 4.93. The van der Waals surface area contributed by atoms with Crippen LogP contribution in [0.2, 0.25) is 0 Å². The van der Waals surface area contributed by atoms with Crippen LogP contribution in [-0.4, -0.2) is 26.2 Å². The molecule has 0 fully saturated rings. The first-order valence-electron chi connectivity index (χ1n) is 4.42. The monoisotopic (exact) mass is 242 g/mol. The maximum atomic E-state index is 10.6. The zero-order valence-electron chi connectivity index (χ0n) is 8.71. The summed E-state index contributed by atoms with van der Waals surface area (Å²) in [6, 6.07) is 1.38. The molecule has 0 spiro atoms. The molecule has 0 aliphatic heterocycles. The van der Waals surface area contributed by atoms with Gasteiger partial charge in [0.15, 0.2) is 0 Å². The van der Waals surface area contributed by atoms with Gasteiger partial charge in [-0.25, -0.2) is 4.98 Å². The fourth-order valence-corrected chi connectivity index (χ4v) is 1.78. The van der Waals surface area contributed by atoms with E-state index in [1.165, 1.54) is 13.0 Å². The summed E-state index contributed by atoms with van der Waals surface area (Å²) in [7, 11) is 0. The molecule has 1 N–H and O–H groups in total. The number of carboxylic acids is 1. The quantitative estimate of drug-likeness (QED) is 0.492.